The van der Waals surface area contributed by atoms with Crippen LogP contribution < -0.4 is 0 Å². The number of aliphatic hydroxyl groups is 3. The molecule has 0 fully saturated rings. The van der Waals surface area contributed by atoms with Gasteiger partial charge in [-0.1, -0.05) is 6.92 Å². The number of carboxylic acid groups (broad SMARTS) is 2. The lowest BCUT2D eigenvalue weighted by atomic mass is 9.95. The number of hydrogen-bond acceptors (Lipinski definition) is 5. The van der Waals surface area contributed by atoms with Gasteiger partial charge in [0.25, 0.3) is 0 Å². The number of rotatable bonds is 6. The highest BCUT2D eigenvalue weighted by atomic mass is 16.4. The summed E-state index contributed by atoms with van der Waals surface area (Å²) in [5.41, 5.74) is -0.708. The summed E-state index contributed by atoms with van der Waals surface area (Å²) in [6.07, 6.45) is -0.593. The summed E-state index contributed by atoms with van der Waals surface area (Å²) in [6.45, 7) is 1.06. The highest BCUT2D eigenvalue weighted by Crippen LogP contribution is 2.10. The van der Waals surface area contributed by atoms with Gasteiger partial charge in [0.05, 0.1) is 32.7 Å². The van der Waals surface area contributed by atoms with Crippen molar-refractivity contribution in [2.75, 3.05) is 19.8 Å². The molecule has 0 aromatic heterocycles. The molecule has 16 heavy (non-hydrogen) atoms. The zero-order valence-electron chi connectivity index (χ0n) is 9.09. The van der Waals surface area contributed by atoms with Gasteiger partial charge in [-0.3, -0.25) is 9.59 Å². The number of aliphatic carboxylic acids is 2. The van der Waals surface area contributed by atoms with Crippen LogP contribution >= 0.6 is 0 Å². The van der Waals surface area contributed by atoms with Crippen LogP contribution in [0.4, 0.5) is 0 Å². The normalized spacial score (nSPS) is 10.2. The summed E-state index contributed by atoms with van der Waals surface area (Å²) in [5.74, 6) is -2.15. The van der Waals surface area contributed by atoms with E-state index in [0.29, 0.717) is 0 Å². The van der Waals surface area contributed by atoms with Gasteiger partial charge in [-0.2, -0.15) is 0 Å². The van der Waals surface area contributed by atoms with Crippen molar-refractivity contribution in [1.29, 1.82) is 0 Å². The molecule has 0 bridgehead atoms. The third kappa shape index (κ3) is 10.9. The van der Waals surface area contributed by atoms with Crippen LogP contribution in [-0.4, -0.2) is 57.3 Å². The van der Waals surface area contributed by atoms with Gasteiger partial charge in [-0.05, 0) is 0 Å². The second kappa shape index (κ2) is 9.08. The molecule has 0 aliphatic carbocycles. The lowest BCUT2D eigenvalue weighted by Gasteiger charge is -2.20. The molecule has 7 nitrogen and oxygen atoms in total. The van der Waals surface area contributed by atoms with E-state index in [0.717, 1.165) is 0 Å². The second-order valence-electron chi connectivity index (χ2n) is 3.57. The third-order valence-corrected chi connectivity index (χ3v) is 1.70. The Morgan fingerprint density at radius 1 is 0.875 bits per heavy atom. The molecule has 0 amide bonds. The Hall–Kier alpha value is -1.18. The van der Waals surface area contributed by atoms with E-state index in [1.54, 1.807) is 6.92 Å². The molecule has 0 atom stereocenters. The first-order chi connectivity index (χ1) is 7.31. The lowest BCUT2D eigenvalue weighted by Crippen LogP contribution is -2.29. The molecule has 0 aliphatic heterocycles. The number of aliphatic hydroxyl groups excluding tert-OH is 3. The predicted molar refractivity (Wildman–Crippen MR) is 53.9 cm³/mol. The summed E-state index contributed by atoms with van der Waals surface area (Å²) in [4.78, 5) is 19.3. The van der Waals surface area contributed by atoms with Gasteiger partial charge >= 0.3 is 11.9 Å². The first kappa shape index (κ1) is 17.2. The van der Waals surface area contributed by atoms with Gasteiger partial charge in [0, 0.05) is 5.41 Å². The first-order valence-electron chi connectivity index (χ1n) is 4.57. The third-order valence-electron chi connectivity index (χ3n) is 1.70. The van der Waals surface area contributed by atoms with E-state index in [2.05, 4.69) is 0 Å². The van der Waals surface area contributed by atoms with Gasteiger partial charge in [0.15, 0.2) is 0 Å². The van der Waals surface area contributed by atoms with Crippen LogP contribution in [0.3, 0.4) is 0 Å². The Bertz CT molecular complexity index is 188. The van der Waals surface area contributed by atoms with Crippen molar-refractivity contribution in [3.63, 3.8) is 0 Å². The molecular weight excluding hydrogens is 220 g/mol. The van der Waals surface area contributed by atoms with Crippen LogP contribution in [0.1, 0.15) is 19.8 Å². The van der Waals surface area contributed by atoms with E-state index in [9.17, 15) is 9.59 Å². The largest absolute Gasteiger partial charge is 0.481 e. The Kier molecular flexibility index (Phi) is 9.77. The van der Waals surface area contributed by atoms with Crippen molar-refractivity contribution in [3.05, 3.63) is 0 Å². The van der Waals surface area contributed by atoms with Crippen LogP contribution in [0.15, 0.2) is 0 Å². The molecule has 0 spiro atoms. The van der Waals surface area contributed by atoms with E-state index in [1.807, 2.05) is 0 Å². The summed E-state index contributed by atoms with van der Waals surface area (Å²) in [6, 6.07) is 0. The molecule has 5 N–H and O–H groups in total. The SMILES string of the molecule is CC(CO)(CO)CO.O=C(O)CCC(=O)O. The molecule has 96 valence electrons. The highest BCUT2D eigenvalue weighted by molar-refractivity contribution is 5.75. The molecule has 0 saturated heterocycles. The standard InChI is InChI=1S/C5H12O3.C4H6O4/c1-5(2-6,3-7)4-8;5-3(6)1-2-4(7)8/h6-8H,2-4H2,1H3;1-2H2,(H,5,6)(H,7,8). The van der Waals surface area contributed by atoms with E-state index >= 15 is 0 Å². The molecule has 0 aromatic carbocycles. The maximum atomic E-state index is 9.64. The minimum absolute atomic E-state index is 0.181. The van der Waals surface area contributed by atoms with Gasteiger partial charge in [-0.15, -0.1) is 0 Å². The van der Waals surface area contributed by atoms with Crippen LogP contribution in [0.5, 0.6) is 0 Å². The fourth-order valence-electron chi connectivity index (χ4n) is 0.364. The first-order valence-corrected chi connectivity index (χ1v) is 4.57. The van der Waals surface area contributed by atoms with Gasteiger partial charge in [0.1, 0.15) is 0 Å². The Labute approximate surface area is 93.0 Å². The molecule has 0 aromatic rings. The quantitative estimate of drug-likeness (QED) is 0.396. The minimum atomic E-state index is -1.08. The van der Waals surface area contributed by atoms with E-state index in [-0.39, 0.29) is 32.7 Å². The van der Waals surface area contributed by atoms with Crippen molar-refractivity contribution < 1.29 is 35.1 Å². The monoisotopic (exact) mass is 238 g/mol. The lowest BCUT2D eigenvalue weighted by molar-refractivity contribution is -0.143. The second-order valence-corrected chi connectivity index (χ2v) is 3.57. The fraction of sp³-hybridized carbons (Fsp3) is 0.778. The Morgan fingerprint density at radius 3 is 1.19 bits per heavy atom. The average Bonchev–Trinajstić information content (AvgIpc) is 2.26. The molecule has 0 unspecified atom stereocenters. The summed E-state index contributed by atoms with van der Waals surface area (Å²) in [5, 5.41) is 41.2. The van der Waals surface area contributed by atoms with Gasteiger partial charge < -0.3 is 25.5 Å². The van der Waals surface area contributed by atoms with E-state index in [4.69, 9.17) is 25.5 Å². The minimum Gasteiger partial charge on any atom is -0.481 e. The molecule has 0 rings (SSSR count). The molecule has 0 aliphatic rings. The predicted octanol–water partition coefficient (Wildman–Crippen LogP) is -1.09. The molecule has 0 saturated carbocycles. The number of carboxylic acids is 2. The van der Waals surface area contributed by atoms with Crippen LogP contribution in [-0.2, 0) is 9.59 Å². The summed E-state index contributed by atoms with van der Waals surface area (Å²) in [7, 11) is 0. The van der Waals surface area contributed by atoms with Crippen molar-refractivity contribution in [2.24, 2.45) is 5.41 Å². The number of carbonyl (C=O) groups is 2. The maximum absolute atomic E-state index is 9.64. The molecule has 0 radical (unpaired) electrons. The van der Waals surface area contributed by atoms with Crippen molar-refractivity contribution >= 4 is 11.9 Å². The van der Waals surface area contributed by atoms with Crippen LogP contribution in [0.25, 0.3) is 0 Å². The average molecular weight is 238 g/mol. The number of hydrogen-bond donors (Lipinski definition) is 5. The summed E-state index contributed by atoms with van der Waals surface area (Å²) >= 11 is 0. The molecule has 0 heterocycles. The highest BCUT2D eigenvalue weighted by Gasteiger charge is 2.20. The van der Waals surface area contributed by atoms with Crippen molar-refractivity contribution in [2.45, 2.75) is 19.8 Å². The zero-order valence-corrected chi connectivity index (χ0v) is 9.09. The summed E-state index contributed by atoms with van der Waals surface area (Å²) < 4.78 is 0. The van der Waals surface area contributed by atoms with Gasteiger partial charge in [-0.25, -0.2) is 0 Å². The van der Waals surface area contributed by atoms with Crippen LogP contribution in [0, 0.1) is 5.41 Å². The Morgan fingerprint density at radius 2 is 1.12 bits per heavy atom. The Balaban J connectivity index is 0. The molecule has 7 heteroatoms. The fourth-order valence-corrected chi connectivity index (χ4v) is 0.364. The van der Waals surface area contributed by atoms with E-state index < -0.39 is 17.4 Å². The zero-order chi connectivity index (χ0) is 13.2. The van der Waals surface area contributed by atoms with Crippen molar-refractivity contribution in [1.82, 2.24) is 0 Å². The van der Waals surface area contributed by atoms with E-state index in [1.165, 1.54) is 0 Å². The maximum Gasteiger partial charge on any atom is 0.303 e. The van der Waals surface area contributed by atoms with Crippen molar-refractivity contribution in [3.8, 4) is 0 Å². The van der Waals surface area contributed by atoms with Crippen LogP contribution in [0.2, 0.25) is 0 Å². The topological polar surface area (TPSA) is 135 Å². The van der Waals surface area contributed by atoms with Gasteiger partial charge in [0.2, 0.25) is 0 Å². The molecular formula is C9H18O7. The smallest absolute Gasteiger partial charge is 0.303 e.